The van der Waals surface area contributed by atoms with Crippen LogP contribution in [0, 0.1) is 0 Å². The standard InChI is InChI=1S/C8H10/c1-7-5-3-4-6-8(7)2/h3,5-6H,1,4H2,2H3. The molecule has 0 N–H and O–H groups in total. The molecule has 0 nitrogen and oxygen atoms in total. The van der Waals surface area contributed by atoms with Crippen LogP contribution in [0.4, 0.5) is 0 Å². The Kier molecular flexibility index (Phi) is 1.34. The zero-order valence-electron chi connectivity index (χ0n) is 5.15. The molecule has 0 atom stereocenters. The number of allylic oxidation sites excluding steroid dienone is 5. The summed E-state index contributed by atoms with van der Waals surface area (Å²) >= 11 is 0. The lowest BCUT2D eigenvalue weighted by molar-refractivity contribution is 1.26. The molecule has 1 aliphatic carbocycles. The molecule has 0 bridgehead atoms. The number of hydrogen-bond donors (Lipinski definition) is 0. The van der Waals surface area contributed by atoms with Crippen molar-refractivity contribution in [3.05, 3.63) is 36.0 Å². The molecular weight excluding hydrogens is 96.1 g/mol. The fourth-order valence-corrected chi connectivity index (χ4v) is 0.718. The van der Waals surface area contributed by atoms with Gasteiger partial charge in [0.2, 0.25) is 0 Å². The van der Waals surface area contributed by atoms with Crippen molar-refractivity contribution in [2.75, 3.05) is 0 Å². The molecule has 1 aliphatic rings. The van der Waals surface area contributed by atoms with Gasteiger partial charge in [0.05, 0.1) is 0 Å². The number of hydrogen-bond acceptors (Lipinski definition) is 0. The predicted octanol–water partition coefficient (Wildman–Crippen LogP) is 2.45. The maximum Gasteiger partial charge on any atom is -0.0160 e. The monoisotopic (exact) mass is 106 g/mol. The van der Waals surface area contributed by atoms with Crippen LogP contribution < -0.4 is 0 Å². The SMILES string of the molecule is C=C1C=CCC=C1C. The van der Waals surface area contributed by atoms with Crippen LogP contribution >= 0.6 is 0 Å². The molecule has 0 aromatic rings. The highest BCUT2D eigenvalue weighted by Gasteiger charge is 1.93. The van der Waals surface area contributed by atoms with Gasteiger partial charge >= 0.3 is 0 Å². The van der Waals surface area contributed by atoms with E-state index in [1.54, 1.807) is 0 Å². The van der Waals surface area contributed by atoms with Gasteiger partial charge in [0.15, 0.2) is 0 Å². The molecule has 0 spiro atoms. The van der Waals surface area contributed by atoms with Crippen LogP contribution in [0.15, 0.2) is 36.0 Å². The lowest BCUT2D eigenvalue weighted by Gasteiger charge is -2.02. The van der Waals surface area contributed by atoms with Gasteiger partial charge in [-0.2, -0.15) is 0 Å². The minimum absolute atomic E-state index is 1.07. The molecule has 0 saturated heterocycles. The first-order valence-corrected chi connectivity index (χ1v) is 2.83. The molecule has 0 saturated carbocycles. The Morgan fingerprint density at radius 2 is 2.38 bits per heavy atom. The maximum atomic E-state index is 3.84. The summed E-state index contributed by atoms with van der Waals surface area (Å²) in [5.41, 5.74) is 2.46. The third kappa shape index (κ3) is 0.890. The minimum Gasteiger partial charge on any atom is -0.0915 e. The molecule has 42 valence electrons. The molecule has 1 rings (SSSR count). The zero-order chi connectivity index (χ0) is 5.98. The molecule has 8 heavy (non-hydrogen) atoms. The van der Waals surface area contributed by atoms with Crippen molar-refractivity contribution in [3.63, 3.8) is 0 Å². The van der Waals surface area contributed by atoms with Gasteiger partial charge in [-0.05, 0) is 24.5 Å². The van der Waals surface area contributed by atoms with Gasteiger partial charge in [0, 0.05) is 0 Å². The fraction of sp³-hybridized carbons (Fsp3) is 0.250. The summed E-state index contributed by atoms with van der Waals surface area (Å²) in [6, 6.07) is 0. The van der Waals surface area contributed by atoms with E-state index in [0.717, 1.165) is 12.0 Å². The summed E-state index contributed by atoms with van der Waals surface area (Å²) in [7, 11) is 0. The average Bonchev–Trinajstić information content (AvgIpc) is 1.77. The van der Waals surface area contributed by atoms with Gasteiger partial charge in [0.25, 0.3) is 0 Å². The Labute approximate surface area is 50.2 Å². The van der Waals surface area contributed by atoms with E-state index >= 15 is 0 Å². The molecular formula is C8H10. The third-order valence-corrected chi connectivity index (χ3v) is 1.39. The Bertz CT molecular complexity index is 159. The molecule has 0 heterocycles. The quantitative estimate of drug-likeness (QED) is 0.445. The summed E-state index contributed by atoms with van der Waals surface area (Å²) in [6.45, 7) is 5.93. The summed E-state index contributed by atoms with van der Waals surface area (Å²) in [5.74, 6) is 0. The van der Waals surface area contributed by atoms with Gasteiger partial charge in [-0.3, -0.25) is 0 Å². The molecule has 0 aliphatic heterocycles. The van der Waals surface area contributed by atoms with Crippen molar-refractivity contribution in [1.29, 1.82) is 0 Å². The summed E-state index contributed by atoms with van der Waals surface area (Å²) in [4.78, 5) is 0. The van der Waals surface area contributed by atoms with E-state index < -0.39 is 0 Å². The highest BCUT2D eigenvalue weighted by Crippen LogP contribution is 2.13. The van der Waals surface area contributed by atoms with Gasteiger partial charge in [-0.15, -0.1) is 0 Å². The molecule has 0 radical (unpaired) electrons. The highest BCUT2D eigenvalue weighted by atomic mass is 14.0. The predicted molar refractivity (Wildman–Crippen MR) is 36.7 cm³/mol. The normalized spacial score (nSPS) is 18.6. The second kappa shape index (κ2) is 1.99. The first-order chi connectivity index (χ1) is 3.80. The summed E-state index contributed by atoms with van der Waals surface area (Å²) < 4.78 is 0. The first-order valence-electron chi connectivity index (χ1n) is 2.83. The second-order valence-electron chi connectivity index (χ2n) is 2.05. The van der Waals surface area contributed by atoms with Crippen molar-refractivity contribution < 1.29 is 0 Å². The topological polar surface area (TPSA) is 0 Å². The Balaban J connectivity index is 2.78. The lowest BCUT2D eigenvalue weighted by Crippen LogP contribution is -1.82. The van der Waals surface area contributed by atoms with Crippen LogP contribution in [-0.2, 0) is 0 Å². The summed E-state index contributed by atoms with van der Waals surface area (Å²) in [5, 5.41) is 0. The molecule has 0 fully saturated rings. The molecule has 0 amide bonds. The van der Waals surface area contributed by atoms with Crippen LogP contribution in [0.25, 0.3) is 0 Å². The van der Waals surface area contributed by atoms with E-state index in [2.05, 4.69) is 31.7 Å². The van der Waals surface area contributed by atoms with Gasteiger partial charge < -0.3 is 0 Å². The zero-order valence-corrected chi connectivity index (χ0v) is 5.15. The Morgan fingerprint density at radius 3 is 2.75 bits per heavy atom. The molecule has 0 heteroatoms. The van der Waals surface area contributed by atoms with Crippen LogP contribution in [0.5, 0.6) is 0 Å². The van der Waals surface area contributed by atoms with Crippen molar-refractivity contribution in [1.82, 2.24) is 0 Å². The van der Waals surface area contributed by atoms with Crippen LogP contribution in [0.1, 0.15) is 13.3 Å². The van der Waals surface area contributed by atoms with Gasteiger partial charge in [0.1, 0.15) is 0 Å². The van der Waals surface area contributed by atoms with Crippen molar-refractivity contribution in [2.24, 2.45) is 0 Å². The smallest absolute Gasteiger partial charge is 0.0160 e. The number of rotatable bonds is 0. The van der Waals surface area contributed by atoms with E-state index in [1.165, 1.54) is 5.57 Å². The molecule has 0 unspecified atom stereocenters. The summed E-state index contributed by atoms with van der Waals surface area (Å²) in [6.07, 6.45) is 7.44. The Morgan fingerprint density at radius 1 is 1.62 bits per heavy atom. The van der Waals surface area contributed by atoms with E-state index in [0.29, 0.717) is 0 Å². The minimum atomic E-state index is 1.07. The van der Waals surface area contributed by atoms with Crippen LogP contribution in [0.3, 0.4) is 0 Å². The van der Waals surface area contributed by atoms with E-state index in [4.69, 9.17) is 0 Å². The van der Waals surface area contributed by atoms with E-state index in [1.807, 2.05) is 0 Å². The highest BCUT2D eigenvalue weighted by molar-refractivity contribution is 5.39. The Hall–Kier alpha value is -0.780. The average molecular weight is 106 g/mol. The maximum absolute atomic E-state index is 3.84. The lowest BCUT2D eigenvalue weighted by atomic mass is 10.0. The first kappa shape index (κ1) is 5.36. The van der Waals surface area contributed by atoms with E-state index in [-0.39, 0.29) is 0 Å². The van der Waals surface area contributed by atoms with Crippen molar-refractivity contribution in [3.8, 4) is 0 Å². The molecule has 0 aromatic heterocycles. The van der Waals surface area contributed by atoms with E-state index in [9.17, 15) is 0 Å². The largest absolute Gasteiger partial charge is 0.0915 e. The van der Waals surface area contributed by atoms with Crippen LogP contribution in [-0.4, -0.2) is 0 Å². The van der Waals surface area contributed by atoms with Gasteiger partial charge in [-0.1, -0.05) is 24.8 Å². The van der Waals surface area contributed by atoms with Crippen LogP contribution in [0.2, 0.25) is 0 Å². The van der Waals surface area contributed by atoms with Gasteiger partial charge in [-0.25, -0.2) is 0 Å². The van der Waals surface area contributed by atoms with Crippen molar-refractivity contribution >= 4 is 0 Å². The second-order valence-corrected chi connectivity index (χ2v) is 2.05. The third-order valence-electron chi connectivity index (χ3n) is 1.39. The fourth-order valence-electron chi connectivity index (χ4n) is 0.718. The van der Waals surface area contributed by atoms with Crippen molar-refractivity contribution in [2.45, 2.75) is 13.3 Å². The molecule has 0 aromatic carbocycles.